The van der Waals surface area contributed by atoms with Crippen LogP contribution in [0.15, 0.2) is 56.8 Å². The van der Waals surface area contributed by atoms with Gasteiger partial charge in [0.2, 0.25) is 0 Å². The number of para-hydroxylation sites is 1. The minimum atomic E-state index is -1.07. The van der Waals surface area contributed by atoms with Gasteiger partial charge in [0.15, 0.2) is 6.61 Å². The van der Waals surface area contributed by atoms with Crippen LogP contribution in [-0.2, 0) is 11.2 Å². The van der Waals surface area contributed by atoms with Crippen LogP contribution in [0.5, 0.6) is 5.75 Å². The number of nitrogens with zero attached hydrogens (tertiary/aromatic N) is 3. The average molecular weight is 458 g/mol. The van der Waals surface area contributed by atoms with Gasteiger partial charge in [0, 0.05) is 16.5 Å². The Morgan fingerprint density at radius 1 is 1.31 bits per heavy atom. The molecule has 0 amide bonds. The molecule has 0 radical (unpaired) electrons. The summed E-state index contributed by atoms with van der Waals surface area (Å²) in [5.74, 6) is -0.121. The first-order chi connectivity index (χ1) is 14.0. The van der Waals surface area contributed by atoms with Crippen molar-refractivity contribution in [1.29, 1.82) is 0 Å². The predicted octanol–water partition coefficient (Wildman–Crippen LogP) is 3.85. The molecule has 1 N–H and O–H groups in total. The summed E-state index contributed by atoms with van der Waals surface area (Å²) >= 11 is 3.39. The molecule has 0 atom stereocenters. The summed E-state index contributed by atoms with van der Waals surface area (Å²) in [6.07, 6.45) is 3.94. The normalized spacial score (nSPS) is 11.2. The molecule has 1 heterocycles. The predicted molar refractivity (Wildman–Crippen MR) is 115 cm³/mol. The molecule has 150 valence electrons. The number of aliphatic carboxylic acids is 1. The van der Waals surface area contributed by atoms with Crippen LogP contribution in [0.4, 0.5) is 0 Å². The average Bonchev–Trinajstić information content (AvgIpc) is 2.71. The number of benzene rings is 2. The van der Waals surface area contributed by atoms with Gasteiger partial charge in [-0.25, -0.2) is 9.78 Å². The Kier molecular flexibility index (Phi) is 6.77. The summed E-state index contributed by atoms with van der Waals surface area (Å²) in [6.45, 7) is 1.61. The third-order valence-electron chi connectivity index (χ3n) is 4.21. The fourth-order valence-electron chi connectivity index (χ4n) is 2.79. The zero-order valence-corrected chi connectivity index (χ0v) is 17.4. The fourth-order valence-corrected chi connectivity index (χ4v) is 3.15. The number of rotatable bonds is 8. The molecule has 0 aliphatic carbocycles. The number of fused-ring (bicyclic) bond motifs is 1. The number of aromatic nitrogens is 2. The number of hydrogen-bond donors (Lipinski definition) is 1. The molecule has 29 heavy (non-hydrogen) atoms. The highest BCUT2D eigenvalue weighted by Gasteiger charge is 2.11. The van der Waals surface area contributed by atoms with Gasteiger partial charge in [-0.3, -0.25) is 4.79 Å². The number of unbranched alkanes of at least 4 members (excludes halogenated alkanes) is 1. The maximum atomic E-state index is 13.1. The molecule has 0 bridgehead atoms. The first kappa shape index (κ1) is 20.7. The van der Waals surface area contributed by atoms with Crippen LogP contribution in [0.3, 0.4) is 0 Å². The van der Waals surface area contributed by atoms with Gasteiger partial charge in [-0.05, 0) is 36.8 Å². The van der Waals surface area contributed by atoms with Gasteiger partial charge < -0.3 is 9.84 Å². The molecule has 0 spiro atoms. The van der Waals surface area contributed by atoms with Gasteiger partial charge in [0.25, 0.3) is 5.56 Å². The molecular weight excluding hydrogens is 438 g/mol. The second-order valence-electron chi connectivity index (χ2n) is 6.37. The van der Waals surface area contributed by atoms with Crippen molar-refractivity contribution in [3.05, 3.63) is 68.7 Å². The lowest BCUT2D eigenvalue weighted by Crippen LogP contribution is -2.22. The lowest BCUT2D eigenvalue weighted by molar-refractivity contribution is -0.139. The standard InChI is InChI=1S/C21H20BrN3O4/c1-2-3-8-19-24-17-10-9-15(22)11-16(17)21(28)25(19)23-12-14-6-4-5-7-18(14)29-13-20(26)27/h4-7,9-12H,2-3,8,13H2,1H3,(H,26,27). The Morgan fingerprint density at radius 2 is 2.10 bits per heavy atom. The highest BCUT2D eigenvalue weighted by Crippen LogP contribution is 2.18. The quantitative estimate of drug-likeness (QED) is 0.518. The van der Waals surface area contributed by atoms with Crippen molar-refractivity contribution in [1.82, 2.24) is 9.66 Å². The van der Waals surface area contributed by atoms with Crippen LogP contribution in [0.1, 0.15) is 31.2 Å². The molecule has 0 saturated heterocycles. The van der Waals surface area contributed by atoms with E-state index in [1.54, 1.807) is 36.4 Å². The number of carboxylic acid groups (broad SMARTS) is 1. The number of carboxylic acids is 1. The smallest absolute Gasteiger partial charge is 0.341 e. The molecule has 7 nitrogen and oxygen atoms in total. The Morgan fingerprint density at radius 3 is 2.86 bits per heavy atom. The monoisotopic (exact) mass is 457 g/mol. The third-order valence-corrected chi connectivity index (χ3v) is 4.71. The maximum absolute atomic E-state index is 13.1. The van der Waals surface area contributed by atoms with Gasteiger partial charge in [-0.1, -0.05) is 41.4 Å². The van der Waals surface area contributed by atoms with Crippen molar-refractivity contribution < 1.29 is 14.6 Å². The Bertz CT molecular complexity index is 1120. The maximum Gasteiger partial charge on any atom is 0.341 e. The second kappa shape index (κ2) is 9.47. The van der Waals surface area contributed by atoms with Gasteiger partial charge in [0.1, 0.15) is 11.6 Å². The summed E-state index contributed by atoms with van der Waals surface area (Å²) in [4.78, 5) is 28.5. The highest BCUT2D eigenvalue weighted by atomic mass is 79.9. The minimum Gasteiger partial charge on any atom is -0.481 e. The van der Waals surface area contributed by atoms with E-state index in [4.69, 9.17) is 9.84 Å². The lowest BCUT2D eigenvalue weighted by atomic mass is 10.2. The van der Waals surface area contributed by atoms with Gasteiger partial charge in [-0.15, -0.1) is 0 Å². The zero-order chi connectivity index (χ0) is 20.8. The summed E-state index contributed by atoms with van der Waals surface area (Å²) < 4.78 is 7.39. The number of ether oxygens (including phenoxy) is 1. The summed E-state index contributed by atoms with van der Waals surface area (Å²) in [6, 6.07) is 12.3. The van der Waals surface area contributed by atoms with E-state index in [9.17, 15) is 9.59 Å². The molecule has 0 aliphatic heterocycles. The highest BCUT2D eigenvalue weighted by molar-refractivity contribution is 9.10. The fraction of sp³-hybridized carbons (Fsp3) is 0.238. The molecule has 3 aromatic rings. The molecule has 0 saturated carbocycles. The number of hydrogen-bond acceptors (Lipinski definition) is 5. The lowest BCUT2D eigenvalue weighted by Gasteiger charge is -2.10. The van der Waals surface area contributed by atoms with Crippen molar-refractivity contribution in [3.63, 3.8) is 0 Å². The Balaban J connectivity index is 2.06. The van der Waals surface area contributed by atoms with E-state index >= 15 is 0 Å². The van der Waals surface area contributed by atoms with E-state index in [-0.39, 0.29) is 5.56 Å². The van der Waals surface area contributed by atoms with Crippen LogP contribution >= 0.6 is 15.9 Å². The first-order valence-corrected chi connectivity index (χ1v) is 9.98. The van der Waals surface area contributed by atoms with E-state index in [1.165, 1.54) is 10.9 Å². The largest absolute Gasteiger partial charge is 0.481 e. The van der Waals surface area contributed by atoms with Crippen molar-refractivity contribution in [2.75, 3.05) is 6.61 Å². The van der Waals surface area contributed by atoms with E-state index < -0.39 is 12.6 Å². The van der Waals surface area contributed by atoms with Crippen LogP contribution in [0, 0.1) is 0 Å². The SMILES string of the molecule is CCCCc1nc2ccc(Br)cc2c(=O)n1N=Cc1ccccc1OCC(=O)O. The molecule has 0 aliphatic rings. The topological polar surface area (TPSA) is 93.8 Å². The molecule has 0 unspecified atom stereocenters. The molecule has 1 aromatic heterocycles. The van der Waals surface area contributed by atoms with E-state index in [2.05, 4.69) is 32.9 Å². The second-order valence-corrected chi connectivity index (χ2v) is 7.29. The van der Waals surface area contributed by atoms with Crippen LogP contribution in [0.2, 0.25) is 0 Å². The Hall–Kier alpha value is -3.00. The van der Waals surface area contributed by atoms with E-state index in [1.807, 2.05) is 6.07 Å². The number of carbonyl (C=O) groups is 1. The Labute approximate surface area is 175 Å². The molecule has 8 heteroatoms. The van der Waals surface area contributed by atoms with Crippen LogP contribution in [0.25, 0.3) is 10.9 Å². The molecular formula is C21H20BrN3O4. The molecule has 3 rings (SSSR count). The summed E-state index contributed by atoms with van der Waals surface area (Å²) in [7, 11) is 0. The molecule has 2 aromatic carbocycles. The zero-order valence-electron chi connectivity index (χ0n) is 15.8. The summed E-state index contributed by atoms with van der Waals surface area (Å²) in [5, 5.41) is 13.7. The summed E-state index contributed by atoms with van der Waals surface area (Å²) in [5.41, 5.74) is 0.931. The van der Waals surface area contributed by atoms with Crippen molar-refractivity contribution in [2.24, 2.45) is 5.10 Å². The number of aryl methyl sites for hydroxylation is 1. The third kappa shape index (κ3) is 5.08. The van der Waals surface area contributed by atoms with Gasteiger partial charge in [-0.2, -0.15) is 9.78 Å². The van der Waals surface area contributed by atoms with Gasteiger partial charge in [0.05, 0.1) is 17.1 Å². The van der Waals surface area contributed by atoms with Crippen molar-refractivity contribution in [2.45, 2.75) is 26.2 Å². The van der Waals surface area contributed by atoms with Crippen molar-refractivity contribution >= 4 is 39.0 Å². The van der Waals surface area contributed by atoms with E-state index in [0.29, 0.717) is 34.5 Å². The van der Waals surface area contributed by atoms with Crippen molar-refractivity contribution in [3.8, 4) is 5.75 Å². The van der Waals surface area contributed by atoms with Gasteiger partial charge >= 0.3 is 5.97 Å². The number of halogens is 1. The van der Waals surface area contributed by atoms with Crippen LogP contribution in [-0.4, -0.2) is 33.6 Å². The minimum absolute atomic E-state index is 0.261. The first-order valence-electron chi connectivity index (χ1n) is 9.18. The molecule has 0 fully saturated rings. The van der Waals surface area contributed by atoms with E-state index in [0.717, 1.165) is 17.3 Å². The van der Waals surface area contributed by atoms with Crippen LogP contribution < -0.4 is 10.3 Å².